The van der Waals surface area contributed by atoms with E-state index in [-0.39, 0.29) is 30.7 Å². The summed E-state index contributed by atoms with van der Waals surface area (Å²) in [5, 5.41) is 10.7. The second-order valence-electron chi connectivity index (χ2n) is 7.07. The molecule has 0 unspecified atom stereocenters. The number of ether oxygens (including phenoxy) is 2. The lowest BCUT2D eigenvalue weighted by atomic mass is 9.97. The Balaban J connectivity index is 1.28. The number of halogens is 3. The van der Waals surface area contributed by atoms with Crippen LogP contribution in [0.2, 0.25) is 0 Å². The number of alkyl halides is 3. The van der Waals surface area contributed by atoms with Crippen LogP contribution >= 0.6 is 0 Å². The highest BCUT2D eigenvalue weighted by Gasteiger charge is 2.38. The second kappa shape index (κ2) is 8.78. The van der Waals surface area contributed by atoms with Crippen molar-refractivity contribution in [3.8, 4) is 5.75 Å². The lowest BCUT2D eigenvalue weighted by Crippen LogP contribution is -2.38. The van der Waals surface area contributed by atoms with Crippen LogP contribution in [-0.2, 0) is 15.7 Å². The fourth-order valence-electron chi connectivity index (χ4n) is 3.41. The normalized spacial score (nSPS) is 15.3. The third-order valence-electron chi connectivity index (χ3n) is 4.99. The predicted octanol–water partition coefficient (Wildman–Crippen LogP) is 2.98. The predicted molar refractivity (Wildman–Crippen MR) is 104 cm³/mol. The molecule has 164 valence electrons. The number of piperidine rings is 1. The smallest absolute Gasteiger partial charge is 0.453 e. The standard InChI is InChI=1S/C20H20F3N5O3/c21-20(22,23)19-25-24-16-6-7-17(26-28(16)19)27-10-8-14(9-11-27)18(29)31-13-12-30-15-4-2-1-3-5-15/h1-7,14H,8-13H2. The summed E-state index contributed by atoms with van der Waals surface area (Å²) in [5.74, 6) is -0.644. The zero-order valence-electron chi connectivity index (χ0n) is 16.5. The van der Waals surface area contributed by atoms with Gasteiger partial charge in [0.25, 0.3) is 5.82 Å². The van der Waals surface area contributed by atoms with Gasteiger partial charge < -0.3 is 14.4 Å². The van der Waals surface area contributed by atoms with Gasteiger partial charge in [-0.25, -0.2) is 0 Å². The number of nitrogens with zero attached hydrogens (tertiary/aromatic N) is 5. The van der Waals surface area contributed by atoms with E-state index in [1.165, 1.54) is 6.07 Å². The second-order valence-corrected chi connectivity index (χ2v) is 7.07. The van der Waals surface area contributed by atoms with Gasteiger partial charge in [0.15, 0.2) is 5.65 Å². The molecule has 0 bridgehead atoms. The Morgan fingerprint density at radius 3 is 2.48 bits per heavy atom. The monoisotopic (exact) mass is 435 g/mol. The zero-order valence-corrected chi connectivity index (χ0v) is 16.5. The molecule has 0 saturated carbocycles. The van der Waals surface area contributed by atoms with Crippen molar-refractivity contribution in [3.63, 3.8) is 0 Å². The number of fused-ring (bicyclic) bond motifs is 1. The Hall–Kier alpha value is -3.37. The van der Waals surface area contributed by atoms with Gasteiger partial charge in [-0.1, -0.05) is 18.2 Å². The SMILES string of the molecule is O=C(OCCOc1ccccc1)C1CCN(c2ccc3nnc(C(F)(F)F)n3n2)CC1. The van der Waals surface area contributed by atoms with Gasteiger partial charge in [-0.3, -0.25) is 4.79 Å². The highest BCUT2D eigenvalue weighted by atomic mass is 19.4. The maximum absolute atomic E-state index is 13.1. The van der Waals surface area contributed by atoms with Crippen LogP contribution in [-0.4, -0.2) is 52.1 Å². The van der Waals surface area contributed by atoms with Crippen LogP contribution < -0.4 is 9.64 Å². The van der Waals surface area contributed by atoms with Crippen molar-refractivity contribution in [3.05, 3.63) is 48.3 Å². The molecule has 4 rings (SSSR count). The van der Waals surface area contributed by atoms with Crippen LogP contribution in [0.4, 0.5) is 19.0 Å². The molecule has 2 aromatic heterocycles. The van der Waals surface area contributed by atoms with E-state index in [0.717, 1.165) is 0 Å². The van der Waals surface area contributed by atoms with Gasteiger partial charge in [0.1, 0.15) is 24.8 Å². The molecule has 0 radical (unpaired) electrons. The molecule has 0 aliphatic carbocycles. The third-order valence-corrected chi connectivity index (χ3v) is 4.99. The van der Waals surface area contributed by atoms with Crippen molar-refractivity contribution >= 4 is 17.4 Å². The summed E-state index contributed by atoms with van der Waals surface area (Å²) < 4.78 is 50.6. The topological polar surface area (TPSA) is 81.9 Å². The van der Waals surface area contributed by atoms with Gasteiger partial charge in [0.05, 0.1) is 5.92 Å². The first-order chi connectivity index (χ1) is 14.9. The van der Waals surface area contributed by atoms with E-state index in [1.54, 1.807) is 6.07 Å². The number of anilines is 1. The summed E-state index contributed by atoms with van der Waals surface area (Å²) in [6, 6.07) is 12.3. The number of hydrogen-bond acceptors (Lipinski definition) is 7. The zero-order chi connectivity index (χ0) is 21.8. The van der Waals surface area contributed by atoms with Crippen molar-refractivity contribution < 1.29 is 27.4 Å². The number of hydrogen-bond donors (Lipinski definition) is 0. The van der Waals surface area contributed by atoms with Crippen LogP contribution in [0.1, 0.15) is 18.7 Å². The maximum Gasteiger partial charge on any atom is 0.453 e. The molecular weight excluding hydrogens is 415 g/mol. The van der Waals surface area contributed by atoms with Gasteiger partial charge in [0.2, 0.25) is 0 Å². The van der Waals surface area contributed by atoms with Crippen LogP contribution in [0.5, 0.6) is 5.75 Å². The van der Waals surface area contributed by atoms with E-state index in [4.69, 9.17) is 9.47 Å². The molecular formula is C20H20F3N5O3. The fraction of sp³-hybridized carbons (Fsp3) is 0.400. The Morgan fingerprint density at radius 1 is 1.03 bits per heavy atom. The maximum atomic E-state index is 13.1. The van der Waals surface area contributed by atoms with Crippen LogP contribution in [0.25, 0.3) is 5.65 Å². The quantitative estimate of drug-likeness (QED) is 0.435. The average molecular weight is 435 g/mol. The molecule has 0 N–H and O–H groups in total. The molecule has 1 aromatic carbocycles. The first-order valence-electron chi connectivity index (χ1n) is 9.81. The van der Waals surface area contributed by atoms with Crippen molar-refractivity contribution in [2.45, 2.75) is 19.0 Å². The van der Waals surface area contributed by atoms with E-state index in [9.17, 15) is 18.0 Å². The largest absolute Gasteiger partial charge is 0.490 e. The fourth-order valence-corrected chi connectivity index (χ4v) is 3.41. The molecule has 1 aliphatic heterocycles. The van der Waals surface area contributed by atoms with Crippen molar-refractivity contribution in [2.24, 2.45) is 5.92 Å². The van der Waals surface area contributed by atoms with E-state index in [1.807, 2.05) is 35.2 Å². The van der Waals surface area contributed by atoms with E-state index in [0.29, 0.717) is 42.0 Å². The highest BCUT2D eigenvalue weighted by molar-refractivity contribution is 5.72. The molecule has 0 amide bonds. The minimum atomic E-state index is -4.65. The summed E-state index contributed by atoms with van der Waals surface area (Å²) >= 11 is 0. The summed E-state index contributed by atoms with van der Waals surface area (Å²) in [4.78, 5) is 14.1. The minimum Gasteiger partial charge on any atom is -0.490 e. The Morgan fingerprint density at radius 2 is 1.77 bits per heavy atom. The first-order valence-corrected chi connectivity index (χ1v) is 9.81. The molecule has 1 saturated heterocycles. The van der Waals surface area contributed by atoms with Gasteiger partial charge in [-0.15, -0.1) is 15.3 Å². The highest BCUT2D eigenvalue weighted by Crippen LogP contribution is 2.28. The molecule has 3 aromatic rings. The number of para-hydroxylation sites is 1. The molecule has 0 atom stereocenters. The molecule has 1 aliphatic rings. The third kappa shape index (κ3) is 4.86. The number of aromatic nitrogens is 4. The summed E-state index contributed by atoms with van der Waals surface area (Å²) in [6.07, 6.45) is -3.61. The molecule has 11 heteroatoms. The Bertz CT molecular complexity index is 1030. The van der Waals surface area contributed by atoms with Crippen LogP contribution in [0.3, 0.4) is 0 Å². The Kier molecular flexibility index (Phi) is 5.92. The van der Waals surface area contributed by atoms with Gasteiger partial charge in [-0.2, -0.15) is 17.7 Å². The summed E-state index contributed by atoms with van der Waals surface area (Å²) in [5.41, 5.74) is 0.0206. The van der Waals surface area contributed by atoms with E-state index in [2.05, 4.69) is 15.3 Å². The van der Waals surface area contributed by atoms with Crippen molar-refractivity contribution in [1.29, 1.82) is 0 Å². The molecule has 3 heterocycles. The molecule has 31 heavy (non-hydrogen) atoms. The van der Waals surface area contributed by atoms with E-state index < -0.39 is 12.0 Å². The first kappa shape index (κ1) is 20.9. The number of carbonyl (C=O) groups is 1. The molecule has 1 fully saturated rings. The lowest BCUT2D eigenvalue weighted by molar-refractivity contribution is -0.150. The van der Waals surface area contributed by atoms with Gasteiger partial charge >= 0.3 is 12.1 Å². The number of benzene rings is 1. The molecule has 8 nitrogen and oxygen atoms in total. The summed E-state index contributed by atoms with van der Waals surface area (Å²) in [7, 11) is 0. The lowest BCUT2D eigenvalue weighted by Gasteiger charge is -2.31. The molecule has 0 spiro atoms. The number of esters is 1. The Labute approximate surface area is 175 Å². The average Bonchev–Trinajstić information content (AvgIpc) is 3.21. The van der Waals surface area contributed by atoms with Gasteiger partial charge in [-0.05, 0) is 37.1 Å². The minimum absolute atomic E-state index is 0.0206. The van der Waals surface area contributed by atoms with Crippen LogP contribution in [0.15, 0.2) is 42.5 Å². The van der Waals surface area contributed by atoms with Gasteiger partial charge in [0, 0.05) is 13.1 Å². The number of carbonyl (C=O) groups excluding carboxylic acids is 1. The number of rotatable bonds is 6. The summed E-state index contributed by atoms with van der Waals surface area (Å²) in [6.45, 7) is 1.36. The van der Waals surface area contributed by atoms with Crippen molar-refractivity contribution in [1.82, 2.24) is 19.8 Å². The van der Waals surface area contributed by atoms with E-state index >= 15 is 0 Å². The van der Waals surface area contributed by atoms with Crippen LogP contribution in [0, 0.1) is 5.92 Å². The van der Waals surface area contributed by atoms with Crippen molar-refractivity contribution in [2.75, 3.05) is 31.2 Å².